The summed E-state index contributed by atoms with van der Waals surface area (Å²) < 4.78 is 23.9. The van der Waals surface area contributed by atoms with Crippen LogP contribution in [0.5, 0.6) is 0 Å². The van der Waals surface area contributed by atoms with Gasteiger partial charge < -0.3 is 34.3 Å². The van der Waals surface area contributed by atoms with Crippen molar-refractivity contribution >= 4 is 11.9 Å². The van der Waals surface area contributed by atoms with Crippen LogP contribution in [0.1, 0.15) is 86.0 Å². The van der Waals surface area contributed by atoms with Crippen molar-refractivity contribution in [3.8, 4) is 0 Å². The largest absolute Gasteiger partial charge is 0.459 e. The first kappa shape index (κ1) is 41.3. The van der Waals surface area contributed by atoms with E-state index in [9.17, 15) is 24.9 Å². The molecule has 0 spiro atoms. The fraction of sp³-hybridized carbons (Fsp3) is 0.610. The van der Waals surface area contributed by atoms with Crippen LogP contribution < -0.4 is 0 Å². The predicted octanol–water partition coefficient (Wildman–Crippen LogP) is 6.41. The Morgan fingerprint density at radius 2 is 1.92 bits per heavy atom. The van der Waals surface area contributed by atoms with E-state index in [1.807, 2.05) is 57.2 Å². The van der Waals surface area contributed by atoms with Crippen LogP contribution >= 0.6 is 0 Å². The minimum Gasteiger partial charge on any atom is -0.459 e. The Hall–Kier alpha value is -3.08. The van der Waals surface area contributed by atoms with Crippen LogP contribution in [0.2, 0.25) is 0 Å². The topological polar surface area (TPSA) is 132 Å². The van der Waals surface area contributed by atoms with E-state index in [0.717, 1.165) is 24.0 Å². The van der Waals surface area contributed by atoms with Gasteiger partial charge in [-0.05, 0) is 50.5 Å². The molecule has 4 bridgehead atoms. The molecule has 0 amide bonds. The number of hydrogen-bond donors (Lipinski definition) is 3. The third kappa shape index (κ3) is 13.2. The second-order valence-electron chi connectivity index (χ2n) is 14.6. The number of esters is 2. The molecule has 0 aromatic heterocycles. The molecule has 0 aromatic rings. The van der Waals surface area contributed by atoms with Crippen LogP contribution in [0.3, 0.4) is 0 Å². The van der Waals surface area contributed by atoms with Gasteiger partial charge in [0.25, 0.3) is 0 Å². The monoisotopic (exact) mass is 696 g/mol. The van der Waals surface area contributed by atoms with E-state index in [4.69, 9.17) is 18.9 Å². The SMILES string of the molecule is C=C(CCC(C)C)COC(=O)[C@H](O)C/C=C/C[C@@H]1O[C@@H]2/C=C\C/C=C\C(C)=C/[C@@H]3O[C@H](C/C=C\C=C/C(=O)O[C@H](C2)[C@@]1(C)CO)C[C@@H](O)[C@@H]3C. The molecule has 0 aliphatic carbocycles. The Morgan fingerprint density at radius 1 is 1.14 bits per heavy atom. The fourth-order valence-corrected chi connectivity index (χ4v) is 6.27. The summed E-state index contributed by atoms with van der Waals surface area (Å²) in [4.78, 5) is 25.3. The maximum atomic E-state index is 13.0. The normalized spacial score (nSPS) is 35.3. The lowest BCUT2D eigenvalue weighted by atomic mass is 9.73. The third-order valence-electron chi connectivity index (χ3n) is 9.79. The van der Waals surface area contributed by atoms with Crippen LogP contribution in [0.15, 0.2) is 84.6 Å². The summed E-state index contributed by atoms with van der Waals surface area (Å²) >= 11 is 0. The number of aliphatic hydroxyl groups is 3. The van der Waals surface area contributed by atoms with E-state index >= 15 is 0 Å². The van der Waals surface area contributed by atoms with E-state index in [1.165, 1.54) is 6.08 Å². The number of hydrogen-bond acceptors (Lipinski definition) is 9. The molecule has 3 heterocycles. The van der Waals surface area contributed by atoms with E-state index in [0.29, 0.717) is 38.0 Å². The van der Waals surface area contributed by atoms with Crippen LogP contribution in [-0.4, -0.2) is 83.2 Å². The van der Waals surface area contributed by atoms with Gasteiger partial charge in [0, 0.05) is 31.3 Å². The molecule has 278 valence electrons. The second kappa shape index (κ2) is 20.7. The predicted molar refractivity (Wildman–Crippen MR) is 195 cm³/mol. The molecule has 0 radical (unpaired) electrons. The lowest BCUT2D eigenvalue weighted by molar-refractivity contribution is -0.198. The van der Waals surface area contributed by atoms with E-state index in [-0.39, 0.29) is 43.9 Å². The quantitative estimate of drug-likeness (QED) is 0.166. The minimum absolute atomic E-state index is 0.0218. The zero-order valence-electron chi connectivity index (χ0n) is 30.6. The van der Waals surface area contributed by atoms with Gasteiger partial charge in [0.05, 0.1) is 42.5 Å². The number of carbonyl (C=O) groups excluding carboxylic acids is 2. The van der Waals surface area contributed by atoms with Gasteiger partial charge in [-0.2, -0.15) is 0 Å². The van der Waals surface area contributed by atoms with Gasteiger partial charge in [0.1, 0.15) is 12.7 Å². The van der Waals surface area contributed by atoms with Gasteiger partial charge in [0.2, 0.25) is 0 Å². The van der Waals surface area contributed by atoms with Gasteiger partial charge >= 0.3 is 11.9 Å². The summed E-state index contributed by atoms with van der Waals surface area (Å²) in [5.74, 6) is -0.720. The van der Waals surface area contributed by atoms with Crippen molar-refractivity contribution in [2.45, 2.75) is 129 Å². The van der Waals surface area contributed by atoms with Gasteiger partial charge in [-0.3, -0.25) is 0 Å². The minimum atomic E-state index is -1.31. The molecule has 0 saturated carbocycles. The van der Waals surface area contributed by atoms with Gasteiger partial charge in [0.15, 0.2) is 6.10 Å². The Balaban J connectivity index is 1.71. The smallest absolute Gasteiger partial charge is 0.335 e. The lowest BCUT2D eigenvalue weighted by Crippen LogP contribution is -2.55. The number of fused-ring (bicyclic) bond motifs is 4. The number of allylic oxidation sites excluding steroid dienone is 6. The average Bonchev–Trinajstić information content (AvgIpc) is 3.07. The lowest BCUT2D eigenvalue weighted by Gasteiger charge is -2.47. The first-order valence-corrected chi connectivity index (χ1v) is 18.1. The van der Waals surface area contributed by atoms with Crippen LogP contribution in [-0.2, 0) is 28.5 Å². The summed E-state index contributed by atoms with van der Waals surface area (Å²) in [6, 6.07) is 0. The maximum Gasteiger partial charge on any atom is 0.335 e. The average molecular weight is 697 g/mol. The molecule has 9 atom stereocenters. The molecule has 3 aliphatic rings. The molecule has 2 saturated heterocycles. The third-order valence-corrected chi connectivity index (χ3v) is 9.79. The Morgan fingerprint density at radius 3 is 2.66 bits per heavy atom. The van der Waals surface area contributed by atoms with Gasteiger partial charge in [-0.15, -0.1) is 0 Å². The molecule has 0 unspecified atom stereocenters. The van der Waals surface area contributed by atoms with Crippen LogP contribution in [0.25, 0.3) is 0 Å². The van der Waals surface area contributed by atoms with E-state index in [2.05, 4.69) is 26.5 Å². The van der Waals surface area contributed by atoms with Crippen molar-refractivity contribution in [3.63, 3.8) is 0 Å². The van der Waals surface area contributed by atoms with E-state index in [1.54, 1.807) is 18.2 Å². The highest BCUT2D eigenvalue weighted by Gasteiger charge is 2.49. The summed E-state index contributed by atoms with van der Waals surface area (Å²) in [6.45, 7) is 13.9. The summed E-state index contributed by atoms with van der Waals surface area (Å²) in [6.07, 6.45) is 21.0. The molecular weight excluding hydrogens is 636 g/mol. The Kier molecular flexibility index (Phi) is 17.1. The molecule has 3 rings (SSSR count). The van der Waals surface area contributed by atoms with Crippen LogP contribution in [0, 0.1) is 17.3 Å². The van der Waals surface area contributed by atoms with Crippen molar-refractivity contribution in [2.24, 2.45) is 17.3 Å². The van der Waals surface area contributed by atoms with Gasteiger partial charge in [-0.1, -0.05) is 101 Å². The van der Waals surface area contributed by atoms with Crippen molar-refractivity contribution < 1.29 is 43.9 Å². The molecule has 2 fully saturated rings. The number of ether oxygens (including phenoxy) is 4. The second-order valence-corrected chi connectivity index (χ2v) is 14.6. The zero-order valence-corrected chi connectivity index (χ0v) is 30.6. The fourth-order valence-electron chi connectivity index (χ4n) is 6.27. The summed E-state index contributed by atoms with van der Waals surface area (Å²) in [7, 11) is 0. The highest BCUT2D eigenvalue weighted by molar-refractivity contribution is 5.82. The molecule has 9 nitrogen and oxygen atoms in total. The Labute approximate surface area is 299 Å². The molecule has 9 heteroatoms. The van der Waals surface area contributed by atoms with Crippen LogP contribution in [0.4, 0.5) is 0 Å². The molecule has 50 heavy (non-hydrogen) atoms. The molecule has 3 aliphatic heterocycles. The number of rotatable bonds is 11. The number of aliphatic hydroxyl groups excluding tert-OH is 3. The maximum absolute atomic E-state index is 13.0. The van der Waals surface area contributed by atoms with E-state index < -0.39 is 41.8 Å². The first-order valence-electron chi connectivity index (χ1n) is 18.1. The summed E-state index contributed by atoms with van der Waals surface area (Å²) in [5.41, 5.74) is 0.954. The number of carbonyl (C=O) groups is 2. The highest BCUT2D eigenvalue weighted by atomic mass is 16.6. The highest BCUT2D eigenvalue weighted by Crippen LogP contribution is 2.41. The zero-order chi connectivity index (χ0) is 36.7. The summed E-state index contributed by atoms with van der Waals surface area (Å²) in [5, 5.41) is 31.6. The van der Waals surface area contributed by atoms with Crippen molar-refractivity contribution in [1.82, 2.24) is 0 Å². The molecule has 3 N–H and O–H groups in total. The first-order chi connectivity index (χ1) is 23.8. The molecular formula is C41H60O9. The molecule has 0 aromatic carbocycles. The van der Waals surface area contributed by atoms with Gasteiger partial charge in [-0.25, -0.2) is 9.59 Å². The van der Waals surface area contributed by atoms with Crippen molar-refractivity contribution in [1.29, 1.82) is 0 Å². The standard InChI is InChI=1S/C41H60O9/c1-28(2)21-22-30(4)26-47-40(46)34(43)18-13-14-19-37-41(6,27-42)38-25-33(49-37)17-10-7-9-15-29(3)23-36-31(5)35(44)24-32(48-36)16-11-8-12-20-39(45)50-38/h8-15,17,20,23,28,31-38,42-44H,4,7,16,18-19,21-22,24-27H2,1-3,5-6H3/b11-8-,14-13+,15-9-,17-10-,20-12-,29-23-/t31-,32+,33+,34+,35+,36-,37-,38+,41-/m0/s1. The van der Waals surface area contributed by atoms with Crippen molar-refractivity contribution in [2.75, 3.05) is 13.2 Å². The van der Waals surface area contributed by atoms with Crippen molar-refractivity contribution in [3.05, 3.63) is 84.6 Å². The Bertz CT molecular complexity index is 1290.